The predicted octanol–water partition coefficient (Wildman–Crippen LogP) is 2.15. The van der Waals surface area contributed by atoms with Gasteiger partial charge in [0.25, 0.3) is 0 Å². The molecule has 0 fully saturated rings. The van der Waals surface area contributed by atoms with Crippen LogP contribution in [-0.2, 0) is 4.74 Å². The summed E-state index contributed by atoms with van der Waals surface area (Å²) in [5.74, 6) is 0. The number of hydrogen-bond donors (Lipinski definition) is 1. The van der Waals surface area contributed by atoms with Crippen molar-refractivity contribution in [3.63, 3.8) is 0 Å². The van der Waals surface area contributed by atoms with Crippen LogP contribution in [0, 0.1) is 11.3 Å². The van der Waals surface area contributed by atoms with Crippen LogP contribution < -0.4 is 0 Å². The van der Waals surface area contributed by atoms with E-state index < -0.39 is 6.16 Å². The van der Waals surface area contributed by atoms with Crippen molar-refractivity contribution in [3.8, 4) is 6.07 Å². The zero-order valence-electron chi connectivity index (χ0n) is 7.12. The van der Waals surface area contributed by atoms with Gasteiger partial charge in [0.05, 0.1) is 6.07 Å². The first kappa shape index (κ1) is 10.8. The molecule has 0 bridgehead atoms. The molecule has 0 saturated heterocycles. The van der Waals surface area contributed by atoms with Gasteiger partial charge in [-0.25, -0.2) is 4.79 Å². The van der Waals surface area contributed by atoms with Crippen LogP contribution >= 0.6 is 0 Å². The Hall–Kier alpha value is -1.24. The highest BCUT2D eigenvalue weighted by Gasteiger charge is 2.11. The Morgan fingerprint density at radius 3 is 2.75 bits per heavy atom. The minimum absolute atomic E-state index is 0.313. The van der Waals surface area contributed by atoms with Gasteiger partial charge in [-0.2, -0.15) is 5.26 Å². The molecule has 0 aromatic heterocycles. The molecule has 1 unspecified atom stereocenters. The summed E-state index contributed by atoms with van der Waals surface area (Å²) >= 11 is 0. The van der Waals surface area contributed by atoms with Crippen LogP contribution in [0.5, 0.6) is 0 Å². The number of nitriles is 1. The van der Waals surface area contributed by atoms with E-state index in [4.69, 9.17) is 10.4 Å². The average Bonchev–Trinajstić information content (AvgIpc) is 2.00. The molecule has 0 aliphatic rings. The van der Waals surface area contributed by atoms with Crippen molar-refractivity contribution in [3.05, 3.63) is 0 Å². The molecule has 0 radical (unpaired) electrons. The second kappa shape index (κ2) is 6.47. The standard InChI is InChI=1S/C8H13NO3/c1-2-4-7(5-3-6-9)12-8(10)11/h7H,2-5H2,1H3,(H,10,11). The molecule has 0 saturated carbocycles. The van der Waals surface area contributed by atoms with Crippen LogP contribution in [0.3, 0.4) is 0 Å². The van der Waals surface area contributed by atoms with Crippen LogP contribution in [-0.4, -0.2) is 17.4 Å². The minimum Gasteiger partial charge on any atom is -0.450 e. The quantitative estimate of drug-likeness (QED) is 0.643. The maximum atomic E-state index is 10.1. The highest BCUT2D eigenvalue weighted by molar-refractivity contribution is 5.57. The lowest BCUT2D eigenvalue weighted by Gasteiger charge is -2.12. The van der Waals surface area contributed by atoms with E-state index in [0.717, 1.165) is 6.42 Å². The Kier molecular flexibility index (Phi) is 5.80. The van der Waals surface area contributed by atoms with Crippen molar-refractivity contribution in [1.29, 1.82) is 5.26 Å². The predicted molar refractivity (Wildman–Crippen MR) is 42.7 cm³/mol. The lowest BCUT2D eigenvalue weighted by molar-refractivity contribution is 0.0448. The molecule has 4 nitrogen and oxygen atoms in total. The summed E-state index contributed by atoms with van der Waals surface area (Å²) in [5, 5.41) is 16.6. The Morgan fingerprint density at radius 1 is 1.67 bits per heavy atom. The number of hydrogen-bond acceptors (Lipinski definition) is 3. The SMILES string of the molecule is CCCC(CCC#N)OC(=O)O. The maximum absolute atomic E-state index is 10.1. The fourth-order valence-corrected chi connectivity index (χ4v) is 0.952. The smallest absolute Gasteiger partial charge is 0.450 e. The van der Waals surface area contributed by atoms with Gasteiger partial charge in [-0.1, -0.05) is 13.3 Å². The molecule has 0 heterocycles. The second-order valence-corrected chi connectivity index (χ2v) is 2.49. The lowest BCUT2D eigenvalue weighted by Crippen LogP contribution is -2.16. The van der Waals surface area contributed by atoms with Crippen LogP contribution in [0.1, 0.15) is 32.6 Å². The first-order chi connectivity index (χ1) is 5.70. The topological polar surface area (TPSA) is 70.3 Å². The van der Waals surface area contributed by atoms with E-state index in [9.17, 15) is 4.79 Å². The van der Waals surface area contributed by atoms with Crippen LogP contribution in [0.2, 0.25) is 0 Å². The van der Waals surface area contributed by atoms with Gasteiger partial charge in [-0.3, -0.25) is 0 Å². The van der Waals surface area contributed by atoms with E-state index in [2.05, 4.69) is 4.74 Å². The van der Waals surface area contributed by atoms with Gasteiger partial charge in [0.1, 0.15) is 6.10 Å². The molecule has 0 aliphatic carbocycles. The van der Waals surface area contributed by atoms with Gasteiger partial charge in [0, 0.05) is 6.42 Å². The maximum Gasteiger partial charge on any atom is 0.506 e. The lowest BCUT2D eigenvalue weighted by atomic mass is 10.1. The molecule has 0 spiro atoms. The summed E-state index contributed by atoms with van der Waals surface area (Å²) < 4.78 is 4.56. The van der Waals surface area contributed by atoms with Crippen LogP contribution in [0.4, 0.5) is 4.79 Å². The van der Waals surface area contributed by atoms with E-state index >= 15 is 0 Å². The fraction of sp³-hybridized carbons (Fsp3) is 0.750. The highest BCUT2D eigenvalue weighted by atomic mass is 16.7. The summed E-state index contributed by atoms with van der Waals surface area (Å²) in [4.78, 5) is 10.1. The van der Waals surface area contributed by atoms with Crippen molar-refractivity contribution in [2.45, 2.75) is 38.7 Å². The molecule has 12 heavy (non-hydrogen) atoms. The number of ether oxygens (including phenoxy) is 1. The third kappa shape index (κ3) is 5.54. The zero-order valence-corrected chi connectivity index (χ0v) is 7.12. The molecular formula is C8H13NO3. The molecule has 4 heteroatoms. The Morgan fingerprint density at radius 2 is 2.33 bits per heavy atom. The molecule has 1 atom stereocenters. The normalized spacial score (nSPS) is 11.7. The van der Waals surface area contributed by atoms with Crippen LogP contribution in [0.15, 0.2) is 0 Å². The van der Waals surface area contributed by atoms with E-state index in [1.807, 2.05) is 13.0 Å². The van der Waals surface area contributed by atoms with E-state index in [-0.39, 0.29) is 6.10 Å². The Bertz CT molecular complexity index is 174. The summed E-state index contributed by atoms with van der Waals surface area (Å²) in [6.45, 7) is 1.95. The monoisotopic (exact) mass is 171 g/mol. The first-order valence-electron chi connectivity index (χ1n) is 3.97. The first-order valence-corrected chi connectivity index (χ1v) is 3.97. The van der Waals surface area contributed by atoms with Crippen molar-refractivity contribution in [2.24, 2.45) is 0 Å². The Labute approximate surface area is 71.8 Å². The minimum atomic E-state index is -1.26. The van der Waals surface area contributed by atoms with Crippen LogP contribution in [0.25, 0.3) is 0 Å². The molecule has 1 N–H and O–H groups in total. The van der Waals surface area contributed by atoms with Gasteiger partial charge in [-0.05, 0) is 12.8 Å². The van der Waals surface area contributed by atoms with Crippen molar-refractivity contribution < 1.29 is 14.6 Å². The molecule has 0 aromatic rings. The molecule has 0 amide bonds. The number of carboxylic acid groups (broad SMARTS) is 1. The second-order valence-electron chi connectivity index (χ2n) is 2.49. The highest BCUT2D eigenvalue weighted by Crippen LogP contribution is 2.08. The van der Waals surface area contributed by atoms with Gasteiger partial charge < -0.3 is 9.84 Å². The fourth-order valence-electron chi connectivity index (χ4n) is 0.952. The summed E-state index contributed by atoms with van der Waals surface area (Å²) in [6.07, 6.45) is 0.824. The molecule has 68 valence electrons. The van der Waals surface area contributed by atoms with Gasteiger partial charge in [0.2, 0.25) is 0 Å². The van der Waals surface area contributed by atoms with Gasteiger partial charge in [-0.15, -0.1) is 0 Å². The van der Waals surface area contributed by atoms with Crippen molar-refractivity contribution in [2.75, 3.05) is 0 Å². The summed E-state index contributed by atoms with van der Waals surface area (Å²) in [6, 6.07) is 1.96. The molecule has 0 aromatic carbocycles. The number of rotatable bonds is 5. The van der Waals surface area contributed by atoms with Gasteiger partial charge >= 0.3 is 6.16 Å². The van der Waals surface area contributed by atoms with Crippen molar-refractivity contribution in [1.82, 2.24) is 0 Å². The third-order valence-electron chi connectivity index (χ3n) is 1.46. The summed E-state index contributed by atoms with van der Waals surface area (Å²) in [7, 11) is 0. The van der Waals surface area contributed by atoms with E-state index in [1.165, 1.54) is 0 Å². The van der Waals surface area contributed by atoms with Gasteiger partial charge in [0.15, 0.2) is 0 Å². The summed E-state index contributed by atoms with van der Waals surface area (Å²) in [5.41, 5.74) is 0. The van der Waals surface area contributed by atoms with Crippen molar-refractivity contribution >= 4 is 6.16 Å². The largest absolute Gasteiger partial charge is 0.506 e. The number of carbonyl (C=O) groups is 1. The molecular weight excluding hydrogens is 158 g/mol. The van der Waals surface area contributed by atoms with E-state index in [0.29, 0.717) is 19.3 Å². The third-order valence-corrected chi connectivity index (χ3v) is 1.46. The Balaban J connectivity index is 3.70. The zero-order chi connectivity index (χ0) is 9.40. The number of nitrogens with zero attached hydrogens (tertiary/aromatic N) is 1. The molecule has 0 rings (SSSR count). The van der Waals surface area contributed by atoms with E-state index in [1.54, 1.807) is 0 Å². The average molecular weight is 171 g/mol. The molecule has 0 aliphatic heterocycles.